The first-order chi connectivity index (χ1) is 9.86. The molecule has 100 valence electrons. The molecule has 0 atom stereocenters. The molecule has 0 bridgehead atoms. The third-order valence-electron chi connectivity index (χ3n) is 3.32. The summed E-state index contributed by atoms with van der Waals surface area (Å²) in [7, 11) is 0. The van der Waals surface area contributed by atoms with E-state index in [1.807, 2.05) is 48.7 Å². The Hall–Kier alpha value is -2.46. The largest absolute Gasteiger partial charge is 0.324 e. The quantitative estimate of drug-likeness (QED) is 0.562. The highest BCUT2D eigenvalue weighted by Gasteiger charge is 2.03. The number of aromatic nitrogens is 2. The predicted molar refractivity (Wildman–Crippen MR) is 81.2 cm³/mol. The maximum absolute atomic E-state index is 5.52. The topological polar surface area (TPSA) is 63.8 Å². The predicted octanol–water partition coefficient (Wildman–Crippen LogP) is 2.70. The summed E-state index contributed by atoms with van der Waals surface area (Å²) in [4.78, 5) is 9.06. The van der Waals surface area contributed by atoms with Gasteiger partial charge in [-0.25, -0.2) is 4.98 Å². The van der Waals surface area contributed by atoms with Gasteiger partial charge in [0, 0.05) is 6.20 Å². The zero-order valence-corrected chi connectivity index (χ0v) is 11.1. The lowest BCUT2D eigenvalue weighted by molar-refractivity contribution is 0.912. The number of nitrogen functional groups attached to an aromatic ring is 1. The number of hydrogen-bond acceptors (Lipinski definition) is 4. The van der Waals surface area contributed by atoms with Crippen LogP contribution in [0.1, 0.15) is 11.3 Å². The molecule has 20 heavy (non-hydrogen) atoms. The highest BCUT2D eigenvalue weighted by molar-refractivity contribution is 5.73. The average molecular weight is 264 g/mol. The van der Waals surface area contributed by atoms with Gasteiger partial charge in [0.25, 0.3) is 0 Å². The lowest BCUT2D eigenvalue weighted by atomic mass is 10.1. The molecule has 0 aliphatic heterocycles. The summed E-state index contributed by atoms with van der Waals surface area (Å²) in [5.41, 5.74) is 7.74. The van der Waals surface area contributed by atoms with E-state index < -0.39 is 0 Å². The number of hydrogen-bond donors (Lipinski definition) is 2. The van der Waals surface area contributed by atoms with Crippen molar-refractivity contribution in [3.8, 4) is 0 Å². The summed E-state index contributed by atoms with van der Waals surface area (Å²) in [5, 5.41) is 0. The third-order valence-corrected chi connectivity index (χ3v) is 3.32. The number of hydrazine groups is 1. The van der Waals surface area contributed by atoms with Crippen LogP contribution in [0.3, 0.4) is 0 Å². The highest BCUT2D eigenvalue weighted by atomic mass is 15.2. The number of aryl methyl sites for hydroxylation is 2. The monoisotopic (exact) mass is 264 g/mol. The summed E-state index contributed by atoms with van der Waals surface area (Å²) in [6.07, 6.45) is 3.57. The van der Waals surface area contributed by atoms with Crippen molar-refractivity contribution in [2.24, 2.45) is 5.84 Å². The van der Waals surface area contributed by atoms with Crippen LogP contribution < -0.4 is 11.3 Å². The number of rotatable bonds is 4. The third kappa shape index (κ3) is 2.60. The molecule has 4 heteroatoms. The molecule has 0 aliphatic rings. The van der Waals surface area contributed by atoms with Crippen molar-refractivity contribution in [1.82, 2.24) is 9.97 Å². The minimum Gasteiger partial charge on any atom is -0.324 e. The van der Waals surface area contributed by atoms with Gasteiger partial charge >= 0.3 is 0 Å². The smallest absolute Gasteiger partial charge is 0.0890 e. The molecular weight excluding hydrogens is 248 g/mol. The Bertz CT molecular complexity index is 724. The molecular formula is C16H16N4. The van der Waals surface area contributed by atoms with Crippen LogP contribution in [0.2, 0.25) is 0 Å². The van der Waals surface area contributed by atoms with Crippen LogP contribution in [-0.2, 0) is 12.8 Å². The lowest BCUT2D eigenvalue weighted by Crippen LogP contribution is -2.09. The zero-order valence-electron chi connectivity index (χ0n) is 11.1. The summed E-state index contributed by atoms with van der Waals surface area (Å²) >= 11 is 0. The standard InChI is InChI=1S/C16H16N4/c17-20-14-6-2-1-5-12(14)9-10-13-11-18-15-7-3-4-8-16(15)19-13/h1-8,11,20H,9-10,17H2. The Balaban J connectivity index is 1.79. The van der Waals surface area contributed by atoms with Crippen LogP contribution in [0.25, 0.3) is 11.0 Å². The fourth-order valence-electron chi connectivity index (χ4n) is 2.26. The molecule has 3 rings (SSSR count). The fourth-order valence-corrected chi connectivity index (χ4v) is 2.26. The van der Waals surface area contributed by atoms with Gasteiger partial charge in [-0.05, 0) is 36.6 Å². The summed E-state index contributed by atoms with van der Waals surface area (Å²) < 4.78 is 0. The van der Waals surface area contributed by atoms with Gasteiger partial charge in [0.15, 0.2) is 0 Å². The molecule has 1 heterocycles. The molecule has 0 radical (unpaired) electrons. The van der Waals surface area contributed by atoms with Crippen LogP contribution in [0.5, 0.6) is 0 Å². The number of para-hydroxylation sites is 3. The number of nitrogens with two attached hydrogens (primary N) is 1. The van der Waals surface area contributed by atoms with Crippen LogP contribution in [0.4, 0.5) is 5.69 Å². The van der Waals surface area contributed by atoms with Crippen molar-refractivity contribution in [3.63, 3.8) is 0 Å². The number of fused-ring (bicyclic) bond motifs is 1. The van der Waals surface area contributed by atoms with Crippen molar-refractivity contribution < 1.29 is 0 Å². The molecule has 2 aromatic carbocycles. The Kier molecular flexibility index (Phi) is 3.56. The van der Waals surface area contributed by atoms with Gasteiger partial charge in [0.05, 0.1) is 22.4 Å². The lowest BCUT2D eigenvalue weighted by Gasteiger charge is -2.08. The summed E-state index contributed by atoms with van der Waals surface area (Å²) in [6, 6.07) is 15.9. The van der Waals surface area contributed by atoms with Crippen LogP contribution >= 0.6 is 0 Å². The summed E-state index contributed by atoms with van der Waals surface area (Å²) in [5.74, 6) is 5.52. The first kappa shape index (κ1) is 12.6. The van der Waals surface area contributed by atoms with E-state index in [2.05, 4.69) is 21.5 Å². The number of nitrogens with one attached hydrogen (secondary N) is 1. The Morgan fingerprint density at radius 1 is 0.900 bits per heavy atom. The fraction of sp³-hybridized carbons (Fsp3) is 0.125. The second-order valence-electron chi connectivity index (χ2n) is 4.65. The Morgan fingerprint density at radius 2 is 1.65 bits per heavy atom. The van der Waals surface area contributed by atoms with Gasteiger partial charge in [0.1, 0.15) is 0 Å². The molecule has 0 spiro atoms. The van der Waals surface area contributed by atoms with Crippen molar-refractivity contribution >= 4 is 16.7 Å². The van der Waals surface area contributed by atoms with Gasteiger partial charge < -0.3 is 5.43 Å². The van der Waals surface area contributed by atoms with E-state index in [4.69, 9.17) is 5.84 Å². The van der Waals surface area contributed by atoms with E-state index in [0.717, 1.165) is 35.3 Å². The van der Waals surface area contributed by atoms with Crippen LogP contribution in [0, 0.1) is 0 Å². The minimum absolute atomic E-state index is 0.844. The molecule has 0 aliphatic carbocycles. The SMILES string of the molecule is NNc1ccccc1CCc1cnc2ccccc2n1. The molecule has 0 amide bonds. The molecule has 0 saturated heterocycles. The molecule has 3 N–H and O–H groups in total. The van der Waals surface area contributed by atoms with Gasteiger partial charge in [-0.3, -0.25) is 10.8 Å². The normalized spacial score (nSPS) is 10.7. The van der Waals surface area contributed by atoms with Crippen molar-refractivity contribution in [2.75, 3.05) is 5.43 Å². The highest BCUT2D eigenvalue weighted by Crippen LogP contribution is 2.16. The Morgan fingerprint density at radius 3 is 2.50 bits per heavy atom. The van der Waals surface area contributed by atoms with E-state index in [0.29, 0.717) is 0 Å². The van der Waals surface area contributed by atoms with Crippen LogP contribution in [-0.4, -0.2) is 9.97 Å². The van der Waals surface area contributed by atoms with E-state index in [1.54, 1.807) is 0 Å². The molecule has 0 saturated carbocycles. The number of nitrogens with zero attached hydrogens (tertiary/aromatic N) is 2. The van der Waals surface area contributed by atoms with Crippen molar-refractivity contribution in [3.05, 3.63) is 66.0 Å². The Labute approximate surface area is 117 Å². The van der Waals surface area contributed by atoms with Crippen molar-refractivity contribution in [2.45, 2.75) is 12.8 Å². The van der Waals surface area contributed by atoms with E-state index >= 15 is 0 Å². The number of anilines is 1. The molecule has 0 fully saturated rings. The molecule has 4 nitrogen and oxygen atoms in total. The minimum atomic E-state index is 0.844. The number of benzene rings is 2. The first-order valence-corrected chi connectivity index (χ1v) is 6.62. The van der Waals surface area contributed by atoms with Crippen LogP contribution in [0.15, 0.2) is 54.7 Å². The molecule has 1 aromatic heterocycles. The maximum atomic E-state index is 5.52. The first-order valence-electron chi connectivity index (χ1n) is 6.62. The van der Waals surface area contributed by atoms with E-state index in [1.165, 1.54) is 5.56 Å². The van der Waals surface area contributed by atoms with Crippen molar-refractivity contribution in [1.29, 1.82) is 0 Å². The molecule has 0 unspecified atom stereocenters. The maximum Gasteiger partial charge on any atom is 0.0890 e. The second kappa shape index (κ2) is 5.67. The second-order valence-corrected chi connectivity index (χ2v) is 4.65. The van der Waals surface area contributed by atoms with Gasteiger partial charge in [-0.15, -0.1) is 0 Å². The van der Waals surface area contributed by atoms with E-state index in [9.17, 15) is 0 Å². The van der Waals surface area contributed by atoms with Gasteiger partial charge in [0.2, 0.25) is 0 Å². The summed E-state index contributed by atoms with van der Waals surface area (Å²) in [6.45, 7) is 0. The average Bonchev–Trinajstić information content (AvgIpc) is 2.53. The zero-order chi connectivity index (χ0) is 13.8. The van der Waals surface area contributed by atoms with Gasteiger partial charge in [-0.2, -0.15) is 0 Å². The van der Waals surface area contributed by atoms with Gasteiger partial charge in [-0.1, -0.05) is 30.3 Å². The molecule has 3 aromatic rings. The van der Waals surface area contributed by atoms with E-state index in [-0.39, 0.29) is 0 Å².